The Labute approximate surface area is 98.7 Å². The predicted molar refractivity (Wildman–Crippen MR) is 67.3 cm³/mol. The van der Waals surface area contributed by atoms with E-state index in [4.69, 9.17) is 0 Å². The third-order valence-corrected chi connectivity index (χ3v) is 2.50. The third kappa shape index (κ3) is 2.45. The van der Waals surface area contributed by atoms with E-state index in [1.807, 2.05) is 6.07 Å². The lowest BCUT2D eigenvalue weighted by Gasteiger charge is -2.19. The van der Waals surface area contributed by atoms with Gasteiger partial charge in [0.2, 0.25) is 5.95 Å². The molecule has 0 fully saturated rings. The Bertz CT molecular complexity index is 577. The maximum atomic E-state index is 11.8. The Morgan fingerprint density at radius 2 is 2.18 bits per heavy atom. The van der Waals surface area contributed by atoms with Crippen molar-refractivity contribution in [2.45, 2.75) is 13.0 Å². The van der Waals surface area contributed by atoms with Crippen LogP contribution in [-0.4, -0.2) is 34.8 Å². The summed E-state index contributed by atoms with van der Waals surface area (Å²) in [5.74, 6) is 0.467. The average molecular weight is 233 g/mol. The molecule has 0 saturated heterocycles. The fourth-order valence-corrected chi connectivity index (χ4v) is 1.74. The van der Waals surface area contributed by atoms with Crippen LogP contribution in [0.25, 0.3) is 10.9 Å². The number of likely N-dealkylation sites (N-methyl/N-ethyl adjacent to an activating group) is 1. The van der Waals surface area contributed by atoms with Crippen molar-refractivity contribution < 1.29 is 5.11 Å². The molecule has 5 nitrogen and oxygen atoms in total. The number of para-hydroxylation sites is 1. The number of nitrogens with zero attached hydrogens (tertiary/aromatic N) is 2. The molecule has 1 aromatic carbocycles. The molecule has 0 aliphatic carbocycles. The van der Waals surface area contributed by atoms with E-state index in [1.165, 1.54) is 0 Å². The van der Waals surface area contributed by atoms with E-state index in [1.54, 1.807) is 37.1 Å². The number of anilines is 1. The van der Waals surface area contributed by atoms with Gasteiger partial charge >= 0.3 is 0 Å². The van der Waals surface area contributed by atoms with Crippen LogP contribution < -0.4 is 10.5 Å². The zero-order valence-electron chi connectivity index (χ0n) is 9.84. The molecule has 0 radical (unpaired) electrons. The van der Waals surface area contributed by atoms with Crippen LogP contribution >= 0.6 is 0 Å². The van der Waals surface area contributed by atoms with Crippen molar-refractivity contribution in [3.63, 3.8) is 0 Å². The van der Waals surface area contributed by atoms with E-state index in [-0.39, 0.29) is 5.56 Å². The lowest BCUT2D eigenvalue weighted by atomic mass is 10.2. The number of aromatic amines is 1. The minimum Gasteiger partial charge on any atom is -0.392 e. The van der Waals surface area contributed by atoms with E-state index >= 15 is 0 Å². The van der Waals surface area contributed by atoms with E-state index in [2.05, 4.69) is 9.97 Å². The van der Waals surface area contributed by atoms with Gasteiger partial charge in [0.1, 0.15) is 0 Å². The molecule has 2 aromatic rings. The number of H-pyrrole nitrogens is 1. The molecule has 0 spiro atoms. The largest absolute Gasteiger partial charge is 0.392 e. The molecule has 0 bridgehead atoms. The fourth-order valence-electron chi connectivity index (χ4n) is 1.74. The van der Waals surface area contributed by atoms with Crippen molar-refractivity contribution in [3.05, 3.63) is 34.6 Å². The maximum Gasteiger partial charge on any atom is 0.260 e. The first-order chi connectivity index (χ1) is 8.08. The number of fused-ring (bicyclic) bond motifs is 1. The highest BCUT2D eigenvalue weighted by molar-refractivity contribution is 5.78. The summed E-state index contributed by atoms with van der Waals surface area (Å²) in [7, 11) is 1.78. The van der Waals surface area contributed by atoms with E-state index in [9.17, 15) is 9.90 Å². The van der Waals surface area contributed by atoms with Gasteiger partial charge in [-0.1, -0.05) is 12.1 Å². The number of aromatic nitrogens is 2. The summed E-state index contributed by atoms with van der Waals surface area (Å²) >= 11 is 0. The normalized spacial score (nSPS) is 12.6. The number of hydrogen-bond acceptors (Lipinski definition) is 4. The van der Waals surface area contributed by atoms with Gasteiger partial charge in [0.15, 0.2) is 0 Å². The van der Waals surface area contributed by atoms with Crippen molar-refractivity contribution in [3.8, 4) is 0 Å². The van der Waals surface area contributed by atoms with Gasteiger partial charge in [0.25, 0.3) is 5.56 Å². The molecule has 0 aliphatic rings. The summed E-state index contributed by atoms with van der Waals surface area (Å²) in [5.41, 5.74) is 0.492. The number of benzene rings is 1. The Hall–Kier alpha value is -1.88. The van der Waals surface area contributed by atoms with Gasteiger partial charge in [-0.3, -0.25) is 9.78 Å². The van der Waals surface area contributed by atoms with Crippen molar-refractivity contribution in [1.82, 2.24) is 9.97 Å². The van der Waals surface area contributed by atoms with Crippen LogP contribution in [0.2, 0.25) is 0 Å². The molecule has 2 rings (SSSR count). The molecule has 0 aliphatic heterocycles. The Morgan fingerprint density at radius 3 is 2.88 bits per heavy atom. The van der Waals surface area contributed by atoms with Crippen LogP contribution in [-0.2, 0) is 0 Å². The van der Waals surface area contributed by atoms with Gasteiger partial charge in [-0.15, -0.1) is 0 Å². The van der Waals surface area contributed by atoms with Gasteiger partial charge in [-0.05, 0) is 19.1 Å². The monoisotopic (exact) mass is 233 g/mol. The zero-order chi connectivity index (χ0) is 12.4. The molecule has 0 saturated carbocycles. The van der Waals surface area contributed by atoms with Crippen molar-refractivity contribution >= 4 is 16.9 Å². The molecular formula is C12H15N3O2. The molecule has 1 aromatic heterocycles. The molecule has 0 amide bonds. The molecule has 1 atom stereocenters. The minimum absolute atomic E-state index is 0.164. The standard InChI is InChI=1S/C12H15N3O2/c1-8(16)7-15(2)12-13-10-6-4-3-5-9(10)11(17)14-12/h3-6,8,16H,7H2,1-2H3,(H,13,14,17). The second kappa shape index (κ2) is 4.55. The van der Waals surface area contributed by atoms with E-state index < -0.39 is 6.10 Å². The smallest absolute Gasteiger partial charge is 0.260 e. The van der Waals surface area contributed by atoms with Gasteiger partial charge < -0.3 is 10.0 Å². The fraction of sp³-hybridized carbons (Fsp3) is 0.333. The summed E-state index contributed by atoms with van der Waals surface area (Å²) in [6.45, 7) is 2.11. The molecule has 2 N–H and O–H groups in total. The predicted octanol–water partition coefficient (Wildman–Crippen LogP) is 0.740. The van der Waals surface area contributed by atoms with Crippen LogP contribution in [0.4, 0.5) is 5.95 Å². The van der Waals surface area contributed by atoms with Gasteiger partial charge in [-0.2, -0.15) is 0 Å². The SMILES string of the molecule is CC(O)CN(C)c1nc2ccccc2c(=O)[nH]1. The highest BCUT2D eigenvalue weighted by Gasteiger charge is 2.09. The second-order valence-electron chi connectivity index (χ2n) is 4.14. The highest BCUT2D eigenvalue weighted by Crippen LogP contribution is 2.10. The summed E-state index contributed by atoms with van der Waals surface area (Å²) in [4.78, 5) is 20.6. The first-order valence-electron chi connectivity index (χ1n) is 5.46. The molecule has 1 heterocycles. The Kier molecular flexibility index (Phi) is 3.10. The Balaban J connectivity index is 2.46. The van der Waals surface area contributed by atoms with E-state index in [0.717, 1.165) is 0 Å². The summed E-state index contributed by atoms with van der Waals surface area (Å²) in [6, 6.07) is 7.18. The van der Waals surface area contributed by atoms with Crippen LogP contribution in [0.15, 0.2) is 29.1 Å². The molecule has 90 valence electrons. The lowest BCUT2D eigenvalue weighted by Crippen LogP contribution is -2.30. The van der Waals surface area contributed by atoms with Crippen molar-refractivity contribution in [2.75, 3.05) is 18.5 Å². The molecule has 5 heteroatoms. The number of rotatable bonds is 3. The zero-order valence-corrected chi connectivity index (χ0v) is 9.84. The van der Waals surface area contributed by atoms with E-state index in [0.29, 0.717) is 23.4 Å². The third-order valence-electron chi connectivity index (χ3n) is 2.50. The number of aliphatic hydroxyl groups is 1. The number of aliphatic hydroxyl groups excluding tert-OH is 1. The van der Waals surface area contributed by atoms with Crippen LogP contribution in [0, 0.1) is 0 Å². The van der Waals surface area contributed by atoms with Crippen LogP contribution in [0.1, 0.15) is 6.92 Å². The lowest BCUT2D eigenvalue weighted by molar-refractivity contribution is 0.201. The topological polar surface area (TPSA) is 69.2 Å². The van der Waals surface area contributed by atoms with Crippen LogP contribution in [0.5, 0.6) is 0 Å². The first-order valence-corrected chi connectivity index (χ1v) is 5.46. The second-order valence-corrected chi connectivity index (χ2v) is 4.14. The highest BCUT2D eigenvalue weighted by atomic mass is 16.3. The molecule has 1 unspecified atom stereocenters. The van der Waals surface area contributed by atoms with Crippen LogP contribution in [0.3, 0.4) is 0 Å². The van der Waals surface area contributed by atoms with Gasteiger partial charge in [0, 0.05) is 13.6 Å². The molecular weight excluding hydrogens is 218 g/mol. The Morgan fingerprint density at radius 1 is 1.47 bits per heavy atom. The number of nitrogens with one attached hydrogen (secondary N) is 1. The summed E-state index contributed by atoms with van der Waals surface area (Å²) in [5, 5.41) is 9.88. The first kappa shape index (κ1) is 11.6. The van der Waals surface area contributed by atoms with Crippen molar-refractivity contribution in [1.29, 1.82) is 0 Å². The quantitative estimate of drug-likeness (QED) is 0.820. The van der Waals surface area contributed by atoms with Gasteiger partial charge in [-0.25, -0.2) is 4.98 Å². The number of hydrogen-bond donors (Lipinski definition) is 2. The molecule has 17 heavy (non-hydrogen) atoms. The summed E-state index contributed by atoms with van der Waals surface area (Å²) in [6.07, 6.45) is -0.475. The van der Waals surface area contributed by atoms with Gasteiger partial charge in [0.05, 0.1) is 17.0 Å². The van der Waals surface area contributed by atoms with Crippen molar-refractivity contribution in [2.24, 2.45) is 0 Å². The summed E-state index contributed by atoms with van der Waals surface area (Å²) < 4.78 is 0. The maximum absolute atomic E-state index is 11.8. The minimum atomic E-state index is -0.475. The average Bonchev–Trinajstić information content (AvgIpc) is 2.28.